The van der Waals surface area contributed by atoms with Gasteiger partial charge in [-0.3, -0.25) is 4.79 Å². The number of aliphatic carboxylic acids is 1. The molecular formula is C21H27NO2. The van der Waals surface area contributed by atoms with Crippen molar-refractivity contribution in [3.8, 4) is 0 Å². The summed E-state index contributed by atoms with van der Waals surface area (Å²) < 4.78 is 0. The topological polar surface area (TPSA) is 49.3 Å². The van der Waals surface area contributed by atoms with Crippen LogP contribution in [0.2, 0.25) is 0 Å². The molecule has 0 aromatic heterocycles. The highest BCUT2D eigenvalue weighted by atomic mass is 16.4. The summed E-state index contributed by atoms with van der Waals surface area (Å²) in [6.45, 7) is 6.22. The average molecular weight is 325 g/mol. The van der Waals surface area contributed by atoms with Crippen LogP contribution in [0.25, 0.3) is 10.8 Å². The predicted octanol–water partition coefficient (Wildman–Crippen LogP) is 3.89. The van der Waals surface area contributed by atoms with Crippen LogP contribution >= 0.6 is 0 Å². The van der Waals surface area contributed by atoms with Crippen molar-refractivity contribution >= 4 is 16.7 Å². The number of hydrogen-bond donors (Lipinski definition) is 2. The van der Waals surface area contributed by atoms with Crippen molar-refractivity contribution in [2.75, 3.05) is 13.1 Å². The molecule has 0 amide bonds. The fourth-order valence-electron chi connectivity index (χ4n) is 3.86. The number of carboxylic acids is 1. The molecule has 24 heavy (non-hydrogen) atoms. The van der Waals surface area contributed by atoms with Gasteiger partial charge in [0.2, 0.25) is 0 Å². The molecule has 2 aromatic rings. The van der Waals surface area contributed by atoms with Gasteiger partial charge in [-0.15, -0.1) is 0 Å². The van der Waals surface area contributed by atoms with Crippen LogP contribution in [0.5, 0.6) is 0 Å². The van der Waals surface area contributed by atoms with Crippen molar-refractivity contribution in [3.63, 3.8) is 0 Å². The van der Waals surface area contributed by atoms with Gasteiger partial charge >= 0.3 is 5.97 Å². The molecular weight excluding hydrogens is 298 g/mol. The highest BCUT2D eigenvalue weighted by Gasteiger charge is 2.30. The van der Waals surface area contributed by atoms with Gasteiger partial charge < -0.3 is 10.4 Å². The molecule has 0 saturated carbocycles. The summed E-state index contributed by atoms with van der Waals surface area (Å²) in [5, 5.41) is 15.5. The highest BCUT2D eigenvalue weighted by molar-refractivity contribution is 5.86. The molecule has 3 heteroatoms. The van der Waals surface area contributed by atoms with Gasteiger partial charge in [0.1, 0.15) is 0 Å². The molecule has 1 saturated heterocycles. The minimum atomic E-state index is -0.667. The lowest BCUT2D eigenvalue weighted by Crippen LogP contribution is -2.27. The van der Waals surface area contributed by atoms with Gasteiger partial charge in [-0.25, -0.2) is 0 Å². The standard InChI is InChI=1S/C21H27NO2/c1-14(2)10-17-5-3-4-16-7-6-15(11-19(16)17)12-20(21(23)24)18-8-9-22-13-18/h3-7,11,14,18,20,22H,8-10,12-13H2,1-2H3,(H,23,24). The second kappa shape index (κ2) is 7.35. The molecule has 0 aliphatic carbocycles. The van der Waals surface area contributed by atoms with E-state index in [2.05, 4.69) is 55.6 Å². The Kier molecular flexibility index (Phi) is 5.20. The number of fused-ring (bicyclic) bond motifs is 1. The number of benzene rings is 2. The van der Waals surface area contributed by atoms with E-state index in [9.17, 15) is 9.90 Å². The van der Waals surface area contributed by atoms with E-state index in [-0.39, 0.29) is 11.8 Å². The van der Waals surface area contributed by atoms with Gasteiger partial charge in [-0.1, -0.05) is 50.2 Å². The zero-order chi connectivity index (χ0) is 17.1. The van der Waals surface area contributed by atoms with Crippen LogP contribution in [0.1, 0.15) is 31.4 Å². The quantitative estimate of drug-likeness (QED) is 0.847. The average Bonchev–Trinajstić information content (AvgIpc) is 3.06. The fraction of sp³-hybridized carbons (Fsp3) is 0.476. The highest BCUT2D eigenvalue weighted by Crippen LogP contribution is 2.27. The lowest BCUT2D eigenvalue weighted by Gasteiger charge is -2.19. The first-order valence-electron chi connectivity index (χ1n) is 8.98. The second-order valence-corrected chi connectivity index (χ2v) is 7.47. The van der Waals surface area contributed by atoms with E-state index in [1.54, 1.807) is 0 Å². The molecule has 2 unspecified atom stereocenters. The van der Waals surface area contributed by atoms with E-state index in [1.165, 1.54) is 16.3 Å². The molecule has 0 spiro atoms. The molecule has 0 bridgehead atoms. The summed E-state index contributed by atoms with van der Waals surface area (Å²) in [5.74, 6) is -0.117. The molecule has 0 radical (unpaired) electrons. The lowest BCUT2D eigenvalue weighted by atomic mass is 9.85. The van der Waals surface area contributed by atoms with Crippen LogP contribution in [0, 0.1) is 17.8 Å². The molecule has 2 aromatic carbocycles. The smallest absolute Gasteiger partial charge is 0.307 e. The van der Waals surface area contributed by atoms with Crippen molar-refractivity contribution < 1.29 is 9.90 Å². The third-order valence-corrected chi connectivity index (χ3v) is 5.11. The van der Waals surface area contributed by atoms with E-state index in [0.29, 0.717) is 12.3 Å². The number of carboxylic acid groups (broad SMARTS) is 1. The van der Waals surface area contributed by atoms with E-state index >= 15 is 0 Å². The Morgan fingerprint density at radius 2 is 2.08 bits per heavy atom. The molecule has 3 rings (SSSR count). The Labute approximate surface area is 144 Å². The lowest BCUT2D eigenvalue weighted by molar-refractivity contribution is -0.143. The first kappa shape index (κ1) is 17.0. The SMILES string of the molecule is CC(C)Cc1cccc2ccc(CC(C(=O)O)C3CCNC3)cc12. The first-order valence-corrected chi connectivity index (χ1v) is 8.98. The zero-order valence-electron chi connectivity index (χ0n) is 14.6. The van der Waals surface area contributed by atoms with E-state index in [4.69, 9.17) is 0 Å². The summed E-state index contributed by atoms with van der Waals surface area (Å²) in [7, 11) is 0. The number of hydrogen-bond acceptors (Lipinski definition) is 2. The van der Waals surface area contributed by atoms with E-state index in [0.717, 1.165) is 31.5 Å². The largest absolute Gasteiger partial charge is 0.481 e. The fourth-order valence-corrected chi connectivity index (χ4v) is 3.86. The van der Waals surface area contributed by atoms with E-state index in [1.807, 2.05) is 0 Å². The van der Waals surface area contributed by atoms with Crippen LogP contribution in [0.15, 0.2) is 36.4 Å². The van der Waals surface area contributed by atoms with Gasteiger partial charge in [0.15, 0.2) is 0 Å². The molecule has 2 atom stereocenters. The molecule has 3 nitrogen and oxygen atoms in total. The second-order valence-electron chi connectivity index (χ2n) is 7.47. The van der Waals surface area contributed by atoms with Crippen LogP contribution < -0.4 is 5.32 Å². The summed E-state index contributed by atoms with van der Waals surface area (Å²) >= 11 is 0. The normalized spacial score (nSPS) is 19.0. The van der Waals surface area contributed by atoms with Crippen molar-refractivity contribution in [1.29, 1.82) is 0 Å². The van der Waals surface area contributed by atoms with Crippen molar-refractivity contribution in [2.24, 2.45) is 17.8 Å². The van der Waals surface area contributed by atoms with Crippen LogP contribution in [-0.2, 0) is 17.6 Å². The van der Waals surface area contributed by atoms with E-state index < -0.39 is 5.97 Å². The van der Waals surface area contributed by atoms with Gasteiger partial charge in [0, 0.05) is 0 Å². The maximum Gasteiger partial charge on any atom is 0.307 e. The van der Waals surface area contributed by atoms with Crippen molar-refractivity contribution in [2.45, 2.75) is 33.1 Å². The molecule has 1 fully saturated rings. The summed E-state index contributed by atoms with van der Waals surface area (Å²) in [4.78, 5) is 11.7. The third-order valence-electron chi connectivity index (χ3n) is 5.11. The number of nitrogens with one attached hydrogen (secondary N) is 1. The minimum absolute atomic E-state index is 0.240. The molecule has 1 aliphatic rings. The number of rotatable bonds is 6. The molecule has 1 aliphatic heterocycles. The van der Waals surface area contributed by atoms with Crippen molar-refractivity contribution in [3.05, 3.63) is 47.5 Å². The van der Waals surface area contributed by atoms with Gasteiger partial charge in [-0.2, -0.15) is 0 Å². The first-order chi connectivity index (χ1) is 11.5. The molecule has 1 heterocycles. The Bertz CT molecular complexity index is 717. The summed E-state index contributed by atoms with van der Waals surface area (Å²) in [5.41, 5.74) is 2.50. The summed E-state index contributed by atoms with van der Waals surface area (Å²) in [6, 6.07) is 12.9. The number of carbonyl (C=O) groups is 1. The zero-order valence-corrected chi connectivity index (χ0v) is 14.6. The third kappa shape index (κ3) is 3.78. The Morgan fingerprint density at radius 1 is 1.25 bits per heavy atom. The van der Waals surface area contributed by atoms with Gasteiger partial charge in [0.05, 0.1) is 5.92 Å². The maximum absolute atomic E-state index is 11.7. The molecule has 2 N–H and O–H groups in total. The van der Waals surface area contributed by atoms with Crippen LogP contribution in [0.4, 0.5) is 0 Å². The van der Waals surface area contributed by atoms with Crippen molar-refractivity contribution in [1.82, 2.24) is 5.32 Å². The van der Waals surface area contributed by atoms with Gasteiger partial charge in [-0.05, 0) is 66.1 Å². The monoisotopic (exact) mass is 325 g/mol. The van der Waals surface area contributed by atoms with Crippen LogP contribution in [0.3, 0.4) is 0 Å². The minimum Gasteiger partial charge on any atom is -0.481 e. The predicted molar refractivity (Wildman–Crippen MR) is 98.3 cm³/mol. The maximum atomic E-state index is 11.7. The molecule has 128 valence electrons. The Hall–Kier alpha value is -1.87. The summed E-state index contributed by atoms with van der Waals surface area (Å²) in [6.07, 6.45) is 2.63. The van der Waals surface area contributed by atoms with Gasteiger partial charge in [0.25, 0.3) is 0 Å². The Balaban J connectivity index is 1.90. The Morgan fingerprint density at radius 3 is 2.75 bits per heavy atom. The van der Waals surface area contributed by atoms with Crippen LogP contribution in [-0.4, -0.2) is 24.2 Å².